The van der Waals surface area contributed by atoms with E-state index in [0.29, 0.717) is 12.8 Å². The van der Waals surface area contributed by atoms with Gasteiger partial charge in [0.05, 0.1) is 5.02 Å². The summed E-state index contributed by atoms with van der Waals surface area (Å²) in [6.45, 7) is 0. The van der Waals surface area contributed by atoms with Gasteiger partial charge in [-0.3, -0.25) is 0 Å². The second-order valence-corrected chi connectivity index (χ2v) is 3.79. The Hall–Kier alpha value is -0.800. The van der Waals surface area contributed by atoms with Crippen molar-refractivity contribution in [2.24, 2.45) is 5.73 Å². The molecule has 0 amide bonds. The van der Waals surface area contributed by atoms with Crippen molar-refractivity contribution in [3.63, 3.8) is 0 Å². The molecule has 1 aliphatic carbocycles. The van der Waals surface area contributed by atoms with E-state index in [1.54, 1.807) is 0 Å². The number of nitrogens with two attached hydrogens (primary N) is 1. The van der Waals surface area contributed by atoms with Crippen molar-refractivity contribution in [3.05, 3.63) is 28.5 Å². The smallest absolute Gasteiger partial charge is 0.134 e. The molecule has 0 heterocycles. The van der Waals surface area contributed by atoms with E-state index in [0.717, 1.165) is 0 Å². The quantitative estimate of drug-likeness (QED) is 0.731. The molecule has 1 aliphatic rings. The Labute approximate surface area is 80.1 Å². The summed E-state index contributed by atoms with van der Waals surface area (Å²) >= 11 is 5.75. The van der Waals surface area contributed by atoms with Crippen molar-refractivity contribution in [1.82, 2.24) is 0 Å². The van der Waals surface area contributed by atoms with Crippen LogP contribution in [0.15, 0.2) is 12.1 Å². The molecule has 70 valence electrons. The van der Waals surface area contributed by atoms with E-state index in [1.807, 2.05) is 0 Å². The monoisotopic (exact) mass is 201 g/mol. The molecule has 13 heavy (non-hydrogen) atoms. The highest BCUT2D eigenvalue weighted by Gasteiger charge is 2.44. The van der Waals surface area contributed by atoms with E-state index in [-0.39, 0.29) is 16.3 Å². The first-order valence-electron chi connectivity index (χ1n) is 4.01. The van der Waals surface area contributed by atoms with Crippen molar-refractivity contribution < 1.29 is 9.50 Å². The normalized spacial score (nSPS) is 18.7. The summed E-state index contributed by atoms with van der Waals surface area (Å²) in [6, 6.07) is 2.41. The van der Waals surface area contributed by atoms with Gasteiger partial charge in [0, 0.05) is 11.1 Å². The van der Waals surface area contributed by atoms with E-state index in [4.69, 9.17) is 17.3 Å². The molecule has 2 rings (SSSR count). The van der Waals surface area contributed by atoms with Gasteiger partial charge in [0.1, 0.15) is 11.6 Å². The molecule has 0 radical (unpaired) electrons. The summed E-state index contributed by atoms with van der Waals surface area (Å²) in [5, 5.41) is 9.30. The lowest BCUT2D eigenvalue weighted by molar-refractivity contribution is 0.469. The van der Waals surface area contributed by atoms with Gasteiger partial charge in [-0.1, -0.05) is 11.6 Å². The minimum Gasteiger partial charge on any atom is -0.506 e. The van der Waals surface area contributed by atoms with Crippen LogP contribution in [0, 0.1) is 5.82 Å². The summed E-state index contributed by atoms with van der Waals surface area (Å²) in [5.74, 6) is -0.558. The zero-order valence-electron chi connectivity index (χ0n) is 6.85. The third-order valence-electron chi connectivity index (χ3n) is 2.36. The number of phenolic OH excluding ortho intramolecular Hbond substituents is 1. The Kier molecular flexibility index (Phi) is 1.75. The van der Waals surface area contributed by atoms with Crippen LogP contribution in [0.1, 0.15) is 18.4 Å². The average molecular weight is 202 g/mol. The Balaban J connectivity index is 2.61. The number of aromatic hydroxyl groups is 1. The molecule has 1 aromatic rings. The molecule has 0 bridgehead atoms. The van der Waals surface area contributed by atoms with Crippen molar-refractivity contribution in [2.45, 2.75) is 18.4 Å². The maximum absolute atomic E-state index is 13.3. The fourth-order valence-electron chi connectivity index (χ4n) is 1.38. The van der Waals surface area contributed by atoms with E-state index < -0.39 is 11.4 Å². The van der Waals surface area contributed by atoms with Crippen LogP contribution in [0.3, 0.4) is 0 Å². The van der Waals surface area contributed by atoms with Crippen LogP contribution < -0.4 is 5.73 Å². The van der Waals surface area contributed by atoms with Crippen molar-refractivity contribution in [2.75, 3.05) is 0 Å². The minimum absolute atomic E-state index is 0.0417. The number of hydrogen-bond acceptors (Lipinski definition) is 2. The van der Waals surface area contributed by atoms with Gasteiger partial charge in [-0.25, -0.2) is 4.39 Å². The predicted octanol–water partition coefficient (Wildman–Crippen LogP) is 2.13. The molecule has 0 aromatic heterocycles. The largest absolute Gasteiger partial charge is 0.506 e. The molecular formula is C9H9ClFNO. The Morgan fingerprint density at radius 2 is 2.08 bits per heavy atom. The summed E-state index contributed by atoms with van der Waals surface area (Å²) in [4.78, 5) is 0. The lowest BCUT2D eigenvalue weighted by Gasteiger charge is -2.13. The standard InChI is InChI=1S/C9H9ClFNO/c10-8-6(13)2-1-5(11)7(8)9(12)3-4-9/h1-2,13H,3-4,12H2. The van der Waals surface area contributed by atoms with Crippen LogP contribution in [-0.4, -0.2) is 5.11 Å². The average Bonchev–Trinajstić information content (AvgIpc) is 2.78. The maximum Gasteiger partial charge on any atom is 0.134 e. The molecule has 0 atom stereocenters. The number of benzene rings is 1. The molecule has 0 spiro atoms. The number of phenols is 1. The third kappa shape index (κ3) is 1.28. The molecule has 0 unspecified atom stereocenters. The first-order valence-corrected chi connectivity index (χ1v) is 4.39. The summed E-state index contributed by atoms with van der Waals surface area (Å²) in [7, 11) is 0. The van der Waals surface area contributed by atoms with E-state index >= 15 is 0 Å². The Morgan fingerprint density at radius 3 is 2.62 bits per heavy atom. The van der Waals surface area contributed by atoms with Crippen LogP contribution >= 0.6 is 11.6 Å². The maximum atomic E-state index is 13.3. The molecule has 1 fully saturated rings. The molecule has 1 saturated carbocycles. The highest BCUT2D eigenvalue weighted by atomic mass is 35.5. The summed E-state index contributed by atoms with van der Waals surface area (Å²) in [5.41, 5.74) is 5.39. The van der Waals surface area contributed by atoms with Gasteiger partial charge in [-0.05, 0) is 25.0 Å². The van der Waals surface area contributed by atoms with Crippen LogP contribution in [0.5, 0.6) is 5.75 Å². The van der Waals surface area contributed by atoms with Crippen LogP contribution in [-0.2, 0) is 5.54 Å². The third-order valence-corrected chi connectivity index (χ3v) is 2.74. The van der Waals surface area contributed by atoms with Crippen LogP contribution in [0.4, 0.5) is 4.39 Å². The fraction of sp³-hybridized carbons (Fsp3) is 0.333. The minimum atomic E-state index is -0.653. The number of rotatable bonds is 1. The second kappa shape index (κ2) is 2.59. The summed E-state index contributed by atoms with van der Waals surface area (Å²) < 4.78 is 13.3. The van der Waals surface area contributed by atoms with Gasteiger partial charge >= 0.3 is 0 Å². The van der Waals surface area contributed by atoms with Crippen molar-refractivity contribution in [1.29, 1.82) is 0 Å². The van der Waals surface area contributed by atoms with Gasteiger partial charge in [0.2, 0.25) is 0 Å². The molecule has 1 aromatic carbocycles. The molecular weight excluding hydrogens is 193 g/mol. The van der Waals surface area contributed by atoms with Crippen LogP contribution in [0.25, 0.3) is 0 Å². The van der Waals surface area contributed by atoms with Gasteiger partial charge < -0.3 is 10.8 Å². The second-order valence-electron chi connectivity index (χ2n) is 3.41. The highest BCUT2D eigenvalue weighted by molar-refractivity contribution is 6.33. The lowest BCUT2D eigenvalue weighted by Crippen LogP contribution is -2.20. The highest BCUT2D eigenvalue weighted by Crippen LogP contribution is 2.48. The lowest BCUT2D eigenvalue weighted by atomic mass is 10.0. The number of halogens is 2. The first kappa shape index (κ1) is 8.78. The molecule has 3 N–H and O–H groups in total. The zero-order chi connectivity index (χ0) is 9.64. The summed E-state index contributed by atoms with van der Waals surface area (Å²) in [6.07, 6.45) is 1.43. The van der Waals surface area contributed by atoms with E-state index in [9.17, 15) is 9.50 Å². The zero-order valence-corrected chi connectivity index (χ0v) is 7.61. The Bertz CT molecular complexity index is 363. The van der Waals surface area contributed by atoms with Gasteiger partial charge in [-0.15, -0.1) is 0 Å². The van der Waals surface area contributed by atoms with Gasteiger partial charge in [0.15, 0.2) is 0 Å². The molecule has 0 aliphatic heterocycles. The van der Waals surface area contributed by atoms with Crippen LogP contribution in [0.2, 0.25) is 5.02 Å². The van der Waals surface area contributed by atoms with Crippen molar-refractivity contribution >= 4 is 11.6 Å². The van der Waals surface area contributed by atoms with E-state index in [2.05, 4.69) is 0 Å². The predicted molar refractivity (Wildman–Crippen MR) is 48.2 cm³/mol. The molecule has 2 nitrogen and oxygen atoms in total. The Morgan fingerprint density at radius 1 is 1.46 bits per heavy atom. The van der Waals surface area contributed by atoms with Gasteiger partial charge in [0.25, 0.3) is 0 Å². The number of hydrogen-bond donors (Lipinski definition) is 2. The molecule has 0 saturated heterocycles. The van der Waals surface area contributed by atoms with Crippen molar-refractivity contribution in [3.8, 4) is 5.75 Å². The van der Waals surface area contributed by atoms with E-state index in [1.165, 1.54) is 12.1 Å². The molecule has 4 heteroatoms. The fourth-order valence-corrected chi connectivity index (χ4v) is 1.72. The first-order chi connectivity index (χ1) is 6.04. The SMILES string of the molecule is NC1(c2c(F)ccc(O)c2Cl)CC1. The topological polar surface area (TPSA) is 46.2 Å². The van der Waals surface area contributed by atoms with Gasteiger partial charge in [-0.2, -0.15) is 0 Å².